The predicted octanol–water partition coefficient (Wildman–Crippen LogP) is -1.88. The fraction of sp³-hybridized carbons (Fsp3) is 0. The minimum Gasteiger partial charge on any atom is -0.759 e. The molecule has 0 fully saturated rings. The van der Waals surface area contributed by atoms with E-state index in [0.29, 0.717) is 0 Å². The first-order chi connectivity index (χ1) is 2.00. The first-order valence-electron chi connectivity index (χ1n) is 0.667. The molecule has 0 aliphatic rings. The SMILES string of the molecule is O=S(=O)([O-])[O-].[ClH2+].[Zn+2]. The van der Waals surface area contributed by atoms with E-state index in [-0.39, 0.29) is 31.9 Å². The van der Waals surface area contributed by atoms with Crippen molar-refractivity contribution in [3.05, 3.63) is 0 Å². The molecule has 0 heterocycles. The van der Waals surface area contributed by atoms with Crippen LogP contribution in [-0.2, 0) is 29.9 Å². The molecule has 40 valence electrons. The van der Waals surface area contributed by atoms with Crippen LogP contribution in [0.1, 0.15) is 0 Å². The van der Waals surface area contributed by atoms with Crippen LogP contribution in [0.15, 0.2) is 0 Å². The molecule has 0 unspecified atom stereocenters. The average Bonchev–Trinajstić information content (AvgIpc) is 0.722. The van der Waals surface area contributed by atoms with Gasteiger partial charge in [0.15, 0.2) is 0 Å². The fourth-order valence-electron chi connectivity index (χ4n) is 0. The summed E-state index contributed by atoms with van der Waals surface area (Å²) in [7, 11) is -5.17. The van der Waals surface area contributed by atoms with Crippen molar-refractivity contribution in [1.82, 2.24) is 0 Å². The van der Waals surface area contributed by atoms with E-state index in [1.807, 2.05) is 0 Å². The van der Waals surface area contributed by atoms with Crippen LogP contribution in [0.3, 0.4) is 0 Å². The quantitative estimate of drug-likeness (QED) is 0.260. The Morgan fingerprint density at radius 3 is 1.14 bits per heavy atom. The molecule has 4 nitrogen and oxygen atoms in total. The second kappa shape index (κ2) is 4.93. The summed E-state index contributed by atoms with van der Waals surface area (Å²) in [5, 5.41) is 0. The molecular weight excluding hydrogens is 197 g/mol. The van der Waals surface area contributed by atoms with Gasteiger partial charge < -0.3 is 9.11 Å². The molecule has 0 spiro atoms. The van der Waals surface area contributed by atoms with E-state index in [1.54, 1.807) is 0 Å². The Labute approximate surface area is 60.0 Å². The van der Waals surface area contributed by atoms with Crippen molar-refractivity contribution in [2.24, 2.45) is 0 Å². The molecule has 0 bridgehead atoms. The maximum absolute atomic E-state index is 8.52. The topological polar surface area (TPSA) is 80.3 Å². The summed E-state index contributed by atoms with van der Waals surface area (Å²) in [6, 6.07) is 0. The van der Waals surface area contributed by atoms with Crippen molar-refractivity contribution in [2.45, 2.75) is 0 Å². The zero-order valence-corrected chi connectivity index (χ0v) is 7.87. The van der Waals surface area contributed by atoms with Gasteiger partial charge in [-0.05, 0) is 0 Å². The zero-order valence-electron chi connectivity index (χ0n) is 3.20. The normalized spacial score (nSPS) is 8.29. The van der Waals surface area contributed by atoms with Crippen LogP contribution in [0.25, 0.3) is 0 Å². The maximum atomic E-state index is 8.52. The molecule has 0 aromatic carbocycles. The van der Waals surface area contributed by atoms with Gasteiger partial charge in [0.1, 0.15) is 0 Å². The average molecular weight is 199 g/mol. The summed E-state index contributed by atoms with van der Waals surface area (Å²) in [6.45, 7) is 0. The largest absolute Gasteiger partial charge is 2.00 e. The van der Waals surface area contributed by atoms with E-state index in [4.69, 9.17) is 17.5 Å². The maximum Gasteiger partial charge on any atom is 2.00 e. The summed E-state index contributed by atoms with van der Waals surface area (Å²) in [5.41, 5.74) is 0. The minimum atomic E-state index is -5.17. The predicted molar refractivity (Wildman–Crippen MR) is 13.3 cm³/mol. The first kappa shape index (κ1) is 15.7. The summed E-state index contributed by atoms with van der Waals surface area (Å²) in [5.74, 6) is 0. The van der Waals surface area contributed by atoms with Gasteiger partial charge >= 0.3 is 19.5 Å². The van der Waals surface area contributed by atoms with E-state index in [0.717, 1.165) is 0 Å². The van der Waals surface area contributed by atoms with Crippen LogP contribution >= 0.6 is 0 Å². The second-order valence-corrected chi connectivity index (χ2v) is 1.22. The van der Waals surface area contributed by atoms with Gasteiger partial charge in [-0.15, -0.1) is 0 Å². The molecule has 0 aromatic rings. The number of halogens is 1. The summed E-state index contributed by atoms with van der Waals surface area (Å²) in [6.07, 6.45) is 0. The molecule has 0 N–H and O–H groups in total. The summed E-state index contributed by atoms with van der Waals surface area (Å²) >= 11 is 0. The van der Waals surface area contributed by atoms with Gasteiger partial charge in [0.05, 0.1) is 12.4 Å². The minimum absolute atomic E-state index is 0. The number of hydrogen-bond acceptors (Lipinski definition) is 4. The van der Waals surface area contributed by atoms with Crippen molar-refractivity contribution in [2.75, 3.05) is 0 Å². The molecule has 0 rings (SSSR count). The fourth-order valence-corrected chi connectivity index (χ4v) is 0. The van der Waals surface area contributed by atoms with Crippen LogP contribution in [0.5, 0.6) is 0 Å². The van der Waals surface area contributed by atoms with Gasteiger partial charge in [-0.25, -0.2) is 0 Å². The van der Waals surface area contributed by atoms with Gasteiger partial charge in [0, 0.05) is 10.4 Å². The van der Waals surface area contributed by atoms with Crippen LogP contribution in [0.4, 0.5) is 0 Å². The summed E-state index contributed by atoms with van der Waals surface area (Å²) < 4.78 is 34.1. The number of rotatable bonds is 0. The van der Waals surface area contributed by atoms with E-state index in [1.165, 1.54) is 0 Å². The standard InChI is InChI=1S/ClH2.H2O4S.Zn/c;1-5(2,3)4;/h1H2;(H2,1,2,3,4);/q+1;;+2/p-2. The van der Waals surface area contributed by atoms with E-state index >= 15 is 0 Å². The Bertz CT molecular complexity index is 94.9. The van der Waals surface area contributed by atoms with Gasteiger partial charge in [0.25, 0.3) is 0 Å². The van der Waals surface area contributed by atoms with Crippen molar-refractivity contribution in [3.8, 4) is 0 Å². The molecule has 0 aliphatic carbocycles. The third-order valence-electron chi connectivity index (χ3n) is 0. The van der Waals surface area contributed by atoms with Gasteiger partial charge in [0.2, 0.25) is 0 Å². The Morgan fingerprint density at radius 2 is 1.14 bits per heavy atom. The molecule has 0 aliphatic heterocycles. The third-order valence-corrected chi connectivity index (χ3v) is 0. The van der Waals surface area contributed by atoms with Crippen LogP contribution < -0.4 is 0 Å². The Kier molecular flexibility index (Phi) is 11.0. The van der Waals surface area contributed by atoms with Gasteiger partial charge in [-0.3, -0.25) is 8.42 Å². The first-order valence-corrected chi connectivity index (χ1v) is 2.00. The second-order valence-electron chi connectivity index (χ2n) is 0.408. The van der Waals surface area contributed by atoms with Crippen LogP contribution in [0, 0.1) is 12.4 Å². The van der Waals surface area contributed by atoms with Gasteiger partial charge in [-0.2, -0.15) is 0 Å². The Hall–Kier alpha value is 0.783. The molecule has 7 heavy (non-hydrogen) atoms. The monoisotopic (exact) mass is 197 g/mol. The van der Waals surface area contributed by atoms with Crippen molar-refractivity contribution in [1.29, 1.82) is 0 Å². The Morgan fingerprint density at radius 1 is 1.14 bits per heavy atom. The van der Waals surface area contributed by atoms with Crippen molar-refractivity contribution < 1.29 is 49.4 Å². The molecule has 0 saturated carbocycles. The molecule has 0 amide bonds. The van der Waals surface area contributed by atoms with E-state index in [9.17, 15) is 0 Å². The van der Waals surface area contributed by atoms with E-state index < -0.39 is 10.4 Å². The van der Waals surface area contributed by atoms with Crippen molar-refractivity contribution >= 4 is 10.4 Å². The van der Waals surface area contributed by atoms with E-state index in [2.05, 4.69) is 0 Å². The van der Waals surface area contributed by atoms with Gasteiger partial charge in [-0.1, -0.05) is 0 Å². The molecule has 7 heteroatoms. The third kappa shape index (κ3) is 253. The molecule has 0 radical (unpaired) electrons. The van der Waals surface area contributed by atoms with Crippen LogP contribution in [-0.4, -0.2) is 17.5 Å². The summed E-state index contributed by atoms with van der Waals surface area (Å²) in [4.78, 5) is 0. The smallest absolute Gasteiger partial charge is 0.759 e. The van der Waals surface area contributed by atoms with Crippen LogP contribution in [0.2, 0.25) is 0 Å². The number of hydrogen-bond donors (Lipinski definition) is 0. The zero-order chi connectivity index (χ0) is 4.50. The molecular formula is H2ClO4SZn+. The van der Waals surface area contributed by atoms with Crippen molar-refractivity contribution in [3.63, 3.8) is 0 Å². The molecule has 0 aromatic heterocycles. The molecule has 0 atom stereocenters. The Balaban J connectivity index is -0.0000000800. The molecule has 0 saturated heterocycles.